The number of hydrazine groups is 2. The average molecular weight is 641 g/mol. The van der Waals surface area contributed by atoms with Crippen LogP contribution in [0.2, 0.25) is 0 Å². The minimum atomic E-state index is -4.17. The van der Waals surface area contributed by atoms with Crippen LogP contribution in [0.5, 0.6) is 0 Å². The van der Waals surface area contributed by atoms with Crippen LogP contribution in [0.25, 0.3) is 0 Å². The Balaban J connectivity index is 1.61. The van der Waals surface area contributed by atoms with Crippen LogP contribution in [0.3, 0.4) is 0 Å². The third kappa shape index (κ3) is 7.83. The van der Waals surface area contributed by atoms with Gasteiger partial charge in [-0.05, 0) is 30.7 Å². The van der Waals surface area contributed by atoms with Crippen LogP contribution in [0.1, 0.15) is 12.8 Å². The monoisotopic (exact) mass is 640 g/mol. The zero-order valence-electron chi connectivity index (χ0n) is 22.7. The fraction of sp³-hybridized carbons (Fsp3) is 0.103. The number of sulfonamides is 2. The van der Waals surface area contributed by atoms with Gasteiger partial charge in [-0.2, -0.15) is 0 Å². The van der Waals surface area contributed by atoms with E-state index in [1.807, 2.05) is 9.66 Å². The van der Waals surface area contributed by atoms with Crippen molar-refractivity contribution in [1.29, 1.82) is 0 Å². The molecule has 0 saturated carbocycles. The maximum atomic E-state index is 15.0. The first-order valence-corrected chi connectivity index (χ1v) is 17.7. The third-order valence-corrected chi connectivity index (χ3v) is 12.4. The largest absolute Gasteiger partial charge is 0.313 e. The van der Waals surface area contributed by atoms with Crippen LogP contribution in [0, 0.1) is 0 Å². The van der Waals surface area contributed by atoms with Crippen LogP contribution in [0.4, 0.5) is 0 Å². The molecule has 0 saturated heterocycles. The first-order chi connectivity index (χ1) is 20.5. The van der Waals surface area contributed by atoms with Crippen LogP contribution >= 0.6 is 7.14 Å². The second kappa shape index (κ2) is 13.9. The Labute approximate surface area is 250 Å². The highest BCUT2D eigenvalue weighted by molar-refractivity contribution is 7.89. The number of rotatable bonds is 13. The van der Waals surface area contributed by atoms with Crippen LogP contribution in [0.15, 0.2) is 131 Å². The molecule has 1 unspecified atom stereocenters. The van der Waals surface area contributed by atoms with Gasteiger partial charge in [-0.1, -0.05) is 97.1 Å². The maximum Gasteiger partial charge on any atom is 0.257 e. The number of carbonyl (C=O) groups is 2. The molecule has 0 aliphatic carbocycles. The molecular formula is C29H29N4O7PS2. The standard InChI is InChI=1S/C29H29N4O7PS2/c34-28(30-32-42(37,38)25-17-9-3-10-18-25)22-21-27(29(35)31-33-43(39,40)26-19-11-4-12-20-26)41(36,23-13-5-1-6-14-23)24-15-7-2-8-16-24/h1-20,27,32-33H,21-22H2,(H,30,34)(H,31,35). The number of hydrogen-bond donors (Lipinski definition) is 4. The van der Waals surface area contributed by atoms with E-state index in [-0.39, 0.29) is 16.2 Å². The molecule has 0 spiro atoms. The van der Waals surface area contributed by atoms with Crippen LogP contribution in [-0.4, -0.2) is 34.3 Å². The minimum absolute atomic E-state index is 0.0732. The molecule has 0 aromatic heterocycles. The Morgan fingerprint density at radius 1 is 0.581 bits per heavy atom. The summed E-state index contributed by atoms with van der Waals surface area (Å²) in [5.41, 5.74) is 2.87. The Kier molecular flexibility index (Phi) is 10.3. The number of benzene rings is 4. The van der Waals surface area contributed by atoms with Crippen molar-refractivity contribution in [2.75, 3.05) is 0 Å². The minimum Gasteiger partial charge on any atom is -0.313 e. The van der Waals surface area contributed by atoms with Gasteiger partial charge in [-0.25, -0.2) is 16.8 Å². The molecule has 4 aromatic carbocycles. The zero-order chi connectivity index (χ0) is 30.9. The van der Waals surface area contributed by atoms with E-state index in [4.69, 9.17) is 0 Å². The Bertz CT molecular complexity index is 1770. The predicted octanol–water partition coefficient (Wildman–Crippen LogP) is 2.17. The summed E-state index contributed by atoms with van der Waals surface area (Å²) in [7, 11) is -12.1. The summed E-state index contributed by atoms with van der Waals surface area (Å²) in [5.74, 6) is -1.73. The summed E-state index contributed by atoms with van der Waals surface area (Å²) in [6, 6.07) is 31.2. The van der Waals surface area contributed by atoms with E-state index in [2.05, 4.69) is 10.9 Å². The molecule has 0 aliphatic heterocycles. The van der Waals surface area contributed by atoms with E-state index in [1.54, 1.807) is 72.8 Å². The Morgan fingerprint density at radius 3 is 1.37 bits per heavy atom. The number of nitrogens with one attached hydrogen (secondary N) is 4. The van der Waals surface area contributed by atoms with Crippen molar-refractivity contribution in [3.05, 3.63) is 121 Å². The average Bonchev–Trinajstić information content (AvgIpc) is 3.04. The molecular weight excluding hydrogens is 611 g/mol. The fourth-order valence-corrected chi connectivity index (χ4v) is 9.14. The molecule has 0 bridgehead atoms. The topological polar surface area (TPSA) is 168 Å². The quantitative estimate of drug-likeness (QED) is 0.128. The summed E-state index contributed by atoms with van der Waals surface area (Å²) in [6.07, 6.45) is -0.747. The van der Waals surface area contributed by atoms with Gasteiger partial charge in [0, 0.05) is 17.0 Å². The first-order valence-electron chi connectivity index (χ1n) is 13.0. The number of hydrogen-bond acceptors (Lipinski definition) is 7. The molecule has 0 heterocycles. The van der Waals surface area contributed by atoms with E-state index in [1.165, 1.54) is 48.5 Å². The van der Waals surface area contributed by atoms with Gasteiger partial charge in [0.25, 0.3) is 20.0 Å². The van der Waals surface area contributed by atoms with E-state index in [0.717, 1.165) is 0 Å². The molecule has 43 heavy (non-hydrogen) atoms. The predicted molar refractivity (Wildman–Crippen MR) is 163 cm³/mol. The lowest BCUT2D eigenvalue weighted by molar-refractivity contribution is -0.122. The van der Waals surface area contributed by atoms with Gasteiger partial charge >= 0.3 is 0 Å². The van der Waals surface area contributed by atoms with Gasteiger partial charge in [-0.15, -0.1) is 9.66 Å². The normalized spacial score (nSPS) is 12.7. The van der Waals surface area contributed by atoms with Gasteiger partial charge in [-0.3, -0.25) is 20.4 Å². The first kappa shape index (κ1) is 31.8. The summed E-state index contributed by atoms with van der Waals surface area (Å²) >= 11 is 0. The highest BCUT2D eigenvalue weighted by Crippen LogP contribution is 2.50. The second-order valence-electron chi connectivity index (χ2n) is 9.26. The van der Waals surface area contributed by atoms with Gasteiger partial charge in [0.2, 0.25) is 11.8 Å². The molecule has 224 valence electrons. The number of amides is 2. The number of carbonyl (C=O) groups excluding carboxylic acids is 2. The van der Waals surface area contributed by atoms with Crippen molar-refractivity contribution in [2.24, 2.45) is 0 Å². The summed E-state index contributed by atoms with van der Waals surface area (Å²) in [5, 5.41) is 0.634. The van der Waals surface area contributed by atoms with Crippen LogP contribution in [-0.2, 0) is 34.2 Å². The van der Waals surface area contributed by atoms with Gasteiger partial charge < -0.3 is 4.57 Å². The Morgan fingerprint density at radius 2 is 0.953 bits per heavy atom. The smallest absolute Gasteiger partial charge is 0.257 e. The van der Waals surface area contributed by atoms with Crippen molar-refractivity contribution in [3.63, 3.8) is 0 Å². The highest BCUT2D eigenvalue weighted by atomic mass is 32.2. The van der Waals surface area contributed by atoms with E-state index < -0.39 is 51.1 Å². The SMILES string of the molecule is O=C(CCC(C(=O)NNS(=O)(=O)c1ccccc1)P(=O)(c1ccccc1)c1ccccc1)NNS(=O)(=O)c1ccccc1. The van der Waals surface area contributed by atoms with Crippen molar-refractivity contribution in [3.8, 4) is 0 Å². The van der Waals surface area contributed by atoms with Gasteiger partial charge in [0.15, 0.2) is 7.14 Å². The van der Waals surface area contributed by atoms with E-state index in [0.29, 0.717) is 10.6 Å². The third-order valence-electron chi connectivity index (χ3n) is 6.41. The molecule has 14 heteroatoms. The summed E-state index contributed by atoms with van der Waals surface area (Å²) in [4.78, 5) is 30.3. The molecule has 2 amide bonds. The van der Waals surface area contributed by atoms with Crippen molar-refractivity contribution in [1.82, 2.24) is 20.5 Å². The summed E-state index contributed by atoms with van der Waals surface area (Å²) < 4.78 is 65.6. The molecule has 4 N–H and O–H groups in total. The molecule has 0 radical (unpaired) electrons. The Hall–Kier alpha value is -4.13. The zero-order valence-corrected chi connectivity index (χ0v) is 25.2. The lowest BCUT2D eigenvalue weighted by Crippen LogP contribution is -2.48. The molecule has 0 fully saturated rings. The van der Waals surface area contributed by atoms with E-state index >= 15 is 0 Å². The highest BCUT2D eigenvalue weighted by Gasteiger charge is 2.42. The van der Waals surface area contributed by atoms with Crippen molar-refractivity contribution >= 4 is 49.6 Å². The maximum absolute atomic E-state index is 15.0. The lowest BCUT2D eigenvalue weighted by atomic mass is 10.2. The van der Waals surface area contributed by atoms with Crippen molar-refractivity contribution < 1.29 is 31.0 Å². The second-order valence-corrected chi connectivity index (χ2v) is 15.6. The lowest BCUT2D eigenvalue weighted by Gasteiger charge is -2.28. The fourth-order valence-electron chi connectivity index (χ4n) is 4.26. The molecule has 1 atom stereocenters. The molecule has 4 rings (SSSR count). The van der Waals surface area contributed by atoms with Crippen LogP contribution < -0.4 is 31.1 Å². The van der Waals surface area contributed by atoms with Gasteiger partial charge in [0.1, 0.15) is 5.66 Å². The summed E-state index contributed by atoms with van der Waals surface area (Å²) in [6.45, 7) is 0. The van der Waals surface area contributed by atoms with Crippen molar-refractivity contribution in [2.45, 2.75) is 28.3 Å². The van der Waals surface area contributed by atoms with Gasteiger partial charge in [0.05, 0.1) is 9.79 Å². The molecule has 11 nitrogen and oxygen atoms in total. The van der Waals surface area contributed by atoms with E-state index in [9.17, 15) is 31.0 Å². The molecule has 0 aliphatic rings. The molecule has 4 aromatic rings.